The number of benzene rings is 2. The molecule has 0 radical (unpaired) electrons. The van der Waals surface area contributed by atoms with Crippen LogP contribution >= 0.6 is 0 Å². The van der Waals surface area contributed by atoms with Crippen LogP contribution in [0.2, 0.25) is 0 Å². The van der Waals surface area contributed by atoms with Gasteiger partial charge in [0.15, 0.2) is 11.5 Å². The molecule has 19 heavy (non-hydrogen) atoms. The van der Waals surface area contributed by atoms with Crippen molar-refractivity contribution in [2.75, 3.05) is 11.9 Å². The first-order valence-corrected chi connectivity index (χ1v) is 5.87. The molecule has 0 fully saturated rings. The van der Waals surface area contributed by atoms with Crippen LogP contribution in [0.4, 0.5) is 5.69 Å². The highest BCUT2D eigenvalue weighted by molar-refractivity contribution is 6.08. The van der Waals surface area contributed by atoms with Crippen molar-refractivity contribution in [2.45, 2.75) is 6.92 Å². The lowest BCUT2D eigenvalue weighted by molar-refractivity contribution is 0.0989. The minimum Gasteiger partial charge on any atom is -0.504 e. The molecule has 98 valence electrons. The van der Waals surface area contributed by atoms with Crippen molar-refractivity contribution in [1.82, 2.24) is 0 Å². The minimum absolute atomic E-state index is 0.0748. The molecule has 2 N–H and O–H groups in total. The van der Waals surface area contributed by atoms with Gasteiger partial charge in [0.1, 0.15) is 0 Å². The van der Waals surface area contributed by atoms with Crippen LogP contribution in [-0.4, -0.2) is 23.2 Å². The van der Waals surface area contributed by atoms with Gasteiger partial charge in [-0.1, -0.05) is 24.3 Å². The highest BCUT2D eigenvalue weighted by Crippen LogP contribution is 2.30. The molecule has 0 saturated heterocycles. The second kappa shape index (κ2) is 5.02. The maximum absolute atomic E-state index is 12.3. The van der Waals surface area contributed by atoms with Gasteiger partial charge in [0.2, 0.25) is 0 Å². The van der Waals surface area contributed by atoms with E-state index in [1.165, 1.54) is 23.1 Å². The zero-order chi connectivity index (χ0) is 14.0. The summed E-state index contributed by atoms with van der Waals surface area (Å²) in [4.78, 5) is 13.8. The van der Waals surface area contributed by atoms with Crippen molar-refractivity contribution in [3.8, 4) is 11.5 Å². The Balaban J connectivity index is 2.40. The van der Waals surface area contributed by atoms with Gasteiger partial charge in [-0.2, -0.15) is 0 Å². The van der Waals surface area contributed by atoms with E-state index in [4.69, 9.17) is 0 Å². The topological polar surface area (TPSA) is 60.8 Å². The predicted molar refractivity (Wildman–Crippen MR) is 73.7 cm³/mol. The van der Waals surface area contributed by atoms with E-state index < -0.39 is 5.75 Å². The number of hydrogen-bond acceptors (Lipinski definition) is 3. The van der Waals surface area contributed by atoms with Crippen LogP contribution in [0.15, 0.2) is 42.5 Å². The fourth-order valence-corrected chi connectivity index (χ4v) is 1.93. The molecule has 0 aromatic heterocycles. The summed E-state index contributed by atoms with van der Waals surface area (Å²) in [5.41, 5.74) is 1.79. The van der Waals surface area contributed by atoms with Crippen LogP contribution < -0.4 is 4.90 Å². The zero-order valence-electron chi connectivity index (χ0n) is 10.8. The normalized spacial score (nSPS) is 10.2. The maximum Gasteiger partial charge on any atom is 0.261 e. The number of rotatable bonds is 2. The molecule has 0 aliphatic rings. The number of para-hydroxylation sites is 2. The molecule has 2 aromatic rings. The fraction of sp³-hybridized carbons (Fsp3) is 0.133. The van der Waals surface area contributed by atoms with Crippen LogP contribution in [0, 0.1) is 6.92 Å². The lowest BCUT2D eigenvalue weighted by Gasteiger charge is -2.20. The SMILES string of the molecule is Cc1ccccc1N(C)C(=O)c1cccc(O)c1O. The quantitative estimate of drug-likeness (QED) is 0.813. The summed E-state index contributed by atoms with van der Waals surface area (Å²) < 4.78 is 0. The maximum atomic E-state index is 12.3. The molecule has 0 aliphatic heterocycles. The third kappa shape index (κ3) is 2.38. The molecule has 4 heteroatoms. The Bertz CT molecular complexity index is 623. The molecule has 4 nitrogen and oxygen atoms in total. The van der Waals surface area contributed by atoms with Gasteiger partial charge in [0, 0.05) is 12.7 Å². The third-order valence-electron chi connectivity index (χ3n) is 3.03. The van der Waals surface area contributed by atoms with Crippen LogP contribution in [-0.2, 0) is 0 Å². The van der Waals surface area contributed by atoms with E-state index in [-0.39, 0.29) is 17.2 Å². The monoisotopic (exact) mass is 257 g/mol. The van der Waals surface area contributed by atoms with E-state index in [2.05, 4.69) is 0 Å². The van der Waals surface area contributed by atoms with Crippen molar-refractivity contribution in [3.05, 3.63) is 53.6 Å². The Hall–Kier alpha value is -2.49. The van der Waals surface area contributed by atoms with Crippen molar-refractivity contribution < 1.29 is 15.0 Å². The highest BCUT2D eigenvalue weighted by atomic mass is 16.3. The van der Waals surface area contributed by atoms with E-state index >= 15 is 0 Å². The van der Waals surface area contributed by atoms with E-state index in [9.17, 15) is 15.0 Å². The largest absolute Gasteiger partial charge is 0.504 e. The Morgan fingerprint density at radius 3 is 2.42 bits per heavy atom. The first-order valence-electron chi connectivity index (χ1n) is 5.87. The van der Waals surface area contributed by atoms with Crippen LogP contribution in [0.5, 0.6) is 11.5 Å². The van der Waals surface area contributed by atoms with Crippen LogP contribution in [0.1, 0.15) is 15.9 Å². The van der Waals surface area contributed by atoms with Gasteiger partial charge < -0.3 is 15.1 Å². The number of carbonyl (C=O) groups is 1. The van der Waals surface area contributed by atoms with Crippen LogP contribution in [0.25, 0.3) is 0 Å². The van der Waals surface area contributed by atoms with Gasteiger partial charge in [0.05, 0.1) is 5.56 Å². The number of aromatic hydroxyl groups is 2. The lowest BCUT2D eigenvalue weighted by atomic mass is 10.1. The Kier molecular flexibility index (Phi) is 3.42. The standard InChI is InChI=1S/C15H15NO3/c1-10-6-3-4-8-12(10)16(2)15(19)11-7-5-9-13(17)14(11)18/h3-9,17-18H,1-2H3. The third-order valence-corrected chi connectivity index (χ3v) is 3.03. The first kappa shape index (κ1) is 13.0. The van der Waals surface area contributed by atoms with Gasteiger partial charge in [-0.25, -0.2) is 0 Å². The number of aryl methyl sites for hydroxylation is 1. The summed E-state index contributed by atoms with van der Waals surface area (Å²) in [6.45, 7) is 1.90. The molecular formula is C15H15NO3. The molecule has 2 aromatic carbocycles. The van der Waals surface area contributed by atoms with Gasteiger partial charge in [-0.15, -0.1) is 0 Å². The average Bonchev–Trinajstić information content (AvgIpc) is 2.41. The Morgan fingerprint density at radius 1 is 1.05 bits per heavy atom. The lowest BCUT2D eigenvalue weighted by Crippen LogP contribution is -2.26. The molecule has 0 atom stereocenters. The number of phenolic OH excluding ortho intramolecular Hbond substituents is 2. The molecular weight excluding hydrogens is 242 g/mol. The number of carbonyl (C=O) groups excluding carboxylic acids is 1. The predicted octanol–water partition coefficient (Wildman–Crippen LogP) is 2.68. The van der Waals surface area contributed by atoms with Crippen molar-refractivity contribution in [3.63, 3.8) is 0 Å². The Labute approximate surface area is 111 Å². The van der Waals surface area contributed by atoms with E-state index in [1.54, 1.807) is 7.05 Å². The summed E-state index contributed by atoms with van der Waals surface area (Å²) in [5, 5.41) is 19.2. The summed E-state index contributed by atoms with van der Waals surface area (Å²) in [6.07, 6.45) is 0. The molecule has 0 spiro atoms. The summed E-state index contributed by atoms with van der Waals surface area (Å²) in [5.74, 6) is -1.07. The molecule has 0 bridgehead atoms. The summed E-state index contributed by atoms with van der Waals surface area (Å²) in [7, 11) is 1.63. The van der Waals surface area contributed by atoms with Crippen molar-refractivity contribution in [2.24, 2.45) is 0 Å². The smallest absolute Gasteiger partial charge is 0.261 e. The van der Waals surface area contributed by atoms with Gasteiger partial charge in [-0.05, 0) is 30.7 Å². The number of anilines is 1. The zero-order valence-corrected chi connectivity index (χ0v) is 10.8. The van der Waals surface area contributed by atoms with E-state index in [0.717, 1.165) is 11.3 Å². The van der Waals surface area contributed by atoms with E-state index in [0.29, 0.717) is 0 Å². The van der Waals surface area contributed by atoms with Crippen LogP contribution in [0.3, 0.4) is 0 Å². The van der Waals surface area contributed by atoms with E-state index in [1.807, 2.05) is 31.2 Å². The average molecular weight is 257 g/mol. The number of nitrogens with zero attached hydrogens (tertiary/aromatic N) is 1. The highest BCUT2D eigenvalue weighted by Gasteiger charge is 2.19. The number of phenols is 2. The fourth-order valence-electron chi connectivity index (χ4n) is 1.93. The summed E-state index contributed by atoms with van der Waals surface area (Å²) >= 11 is 0. The molecule has 2 rings (SSSR count). The molecule has 1 amide bonds. The Morgan fingerprint density at radius 2 is 1.74 bits per heavy atom. The minimum atomic E-state index is -0.395. The van der Waals surface area contributed by atoms with Gasteiger partial charge >= 0.3 is 0 Å². The number of hydrogen-bond donors (Lipinski definition) is 2. The second-order valence-corrected chi connectivity index (χ2v) is 4.32. The molecule has 0 unspecified atom stereocenters. The second-order valence-electron chi connectivity index (χ2n) is 4.32. The van der Waals surface area contributed by atoms with Crippen molar-refractivity contribution in [1.29, 1.82) is 0 Å². The number of amides is 1. The first-order chi connectivity index (χ1) is 9.02. The summed E-state index contributed by atoms with van der Waals surface area (Å²) in [6, 6.07) is 11.8. The molecule has 0 heterocycles. The molecule has 0 saturated carbocycles. The molecule has 0 aliphatic carbocycles. The van der Waals surface area contributed by atoms with Crippen molar-refractivity contribution >= 4 is 11.6 Å². The van der Waals surface area contributed by atoms with Gasteiger partial charge in [-0.3, -0.25) is 4.79 Å². The van der Waals surface area contributed by atoms with Gasteiger partial charge in [0.25, 0.3) is 5.91 Å².